The van der Waals surface area contributed by atoms with E-state index in [0.717, 1.165) is 65.8 Å². The van der Waals surface area contributed by atoms with Gasteiger partial charge in [-0.15, -0.1) is 0 Å². The van der Waals surface area contributed by atoms with Gasteiger partial charge in [-0.2, -0.15) is 10.1 Å². The summed E-state index contributed by atoms with van der Waals surface area (Å²) in [4.78, 5) is 20.1. The minimum atomic E-state index is -0.170. The lowest BCUT2D eigenvalue weighted by molar-refractivity contribution is -0.113. The zero-order valence-corrected chi connectivity index (χ0v) is 20.8. The highest BCUT2D eigenvalue weighted by atomic mass is 32.2. The van der Waals surface area contributed by atoms with Gasteiger partial charge in [-0.25, -0.2) is 4.68 Å². The number of thioether (sulfide) groups is 1. The number of likely N-dealkylation sites (tertiary alicyclic amines) is 1. The fraction of sp³-hybridized carbons (Fsp3) is 0.321. The number of carbonyl (C=O) groups is 1. The van der Waals surface area contributed by atoms with Crippen LogP contribution in [0.1, 0.15) is 44.6 Å². The molecule has 0 atom stereocenters. The lowest BCUT2D eigenvalue weighted by Gasteiger charge is -2.20. The Morgan fingerprint density at radius 3 is 2.46 bits per heavy atom. The second-order valence-corrected chi connectivity index (χ2v) is 9.81. The molecule has 180 valence electrons. The number of benzene rings is 2. The summed E-state index contributed by atoms with van der Waals surface area (Å²) in [7, 11) is 0. The molecule has 6 nitrogen and oxygen atoms in total. The van der Waals surface area contributed by atoms with Gasteiger partial charge in [-0.05, 0) is 73.5 Å². The van der Waals surface area contributed by atoms with Crippen LogP contribution in [-0.2, 0) is 4.79 Å². The van der Waals surface area contributed by atoms with E-state index in [1.807, 2.05) is 71.6 Å². The van der Waals surface area contributed by atoms with E-state index in [-0.39, 0.29) is 5.91 Å². The van der Waals surface area contributed by atoms with Gasteiger partial charge in [-0.1, -0.05) is 38.0 Å². The van der Waals surface area contributed by atoms with Crippen LogP contribution in [-0.4, -0.2) is 45.5 Å². The quantitative estimate of drug-likeness (QED) is 0.390. The highest BCUT2D eigenvalue weighted by molar-refractivity contribution is 8.18. The number of aromatic nitrogens is 2. The first-order valence-electron chi connectivity index (χ1n) is 12.4. The monoisotopic (exact) mass is 486 g/mol. The maximum Gasteiger partial charge on any atom is 0.286 e. The van der Waals surface area contributed by atoms with Crippen molar-refractivity contribution >= 4 is 28.9 Å². The third-order valence-electron chi connectivity index (χ3n) is 6.14. The average molecular weight is 487 g/mol. The molecule has 0 unspecified atom stereocenters. The molecule has 2 aliphatic heterocycles. The van der Waals surface area contributed by atoms with E-state index in [9.17, 15) is 4.79 Å². The molecule has 1 fully saturated rings. The maximum absolute atomic E-state index is 12.8. The van der Waals surface area contributed by atoms with E-state index >= 15 is 0 Å². The first-order valence-corrected chi connectivity index (χ1v) is 13.2. The molecule has 3 aromatic rings. The van der Waals surface area contributed by atoms with Crippen LogP contribution in [0.3, 0.4) is 0 Å². The van der Waals surface area contributed by atoms with Crippen molar-refractivity contribution in [2.45, 2.75) is 39.0 Å². The molecular weight excluding hydrogens is 456 g/mol. The molecule has 0 radical (unpaired) electrons. The van der Waals surface area contributed by atoms with Crippen LogP contribution in [0.2, 0.25) is 0 Å². The SMILES string of the molecule is CCCOc1ccc(-c2nn(-c3ccccc3)cc2/C=C2\SC(N3CCCCCC3)=NC2=O)cc1. The van der Waals surface area contributed by atoms with Crippen molar-refractivity contribution in [2.75, 3.05) is 19.7 Å². The number of carbonyl (C=O) groups excluding carboxylic acids is 1. The number of hydrogen-bond acceptors (Lipinski definition) is 5. The lowest BCUT2D eigenvalue weighted by atomic mass is 10.1. The average Bonchev–Trinajstić information content (AvgIpc) is 3.36. The predicted molar refractivity (Wildman–Crippen MR) is 143 cm³/mol. The molecule has 0 N–H and O–H groups in total. The van der Waals surface area contributed by atoms with E-state index in [1.54, 1.807) is 0 Å². The van der Waals surface area contributed by atoms with E-state index in [4.69, 9.17) is 9.84 Å². The molecule has 5 rings (SSSR count). The Kier molecular flexibility index (Phi) is 7.33. The van der Waals surface area contributed by atoms with Crippen LogP contribution >= 0.6 is 11.8 Å². The van der Waals surface area contributed by atoms with Crippen LogP contribution in [0.25, 0.3) is 23.0 Å². The van der Waals surface area contributed by atoms with Crippen LogP contribution < -0.4 is 4.74 Å². The van der Waals surface area contributed by atoms with E-state index in [0.29, 0.717) is 11.5 Å². The highest BCUT2D eigenvalue weighted by Crippen LogP contribution is 2.34. The van der Waals surface area contributed by atoms with Crippen molar-refractivity contribution in [1.29, 1.82) is 0 Å². The van der Waals surface area contributed by atoms with Crippen LogP contribution in [0.4, 0.5) is 0 Å². The molecule has 0 saturated carbocycles. The third kappa shape index (κ3) is 5.51. The van der Waals surface area contributed by atoms with E-state index < -0.39 is 0 Å². The first kappa shape index (κ1) is 23.4. The third-order valence-corrected chi connectivity index (χ3v) is 7.18. The Hall–Kier alpha value is -3.32. The van der Waals surface area contributed by atoms with Gasteiger partial charge in [-0.3, -0.25) is 4.79 Å². The Labute approximate surface area is 210 Å². The van der Waals surface area contributed by atoms with Gasteiger partial charge < -0.3 is 9.64 Å². The molecule has 2 aliphatic rings. The molecule has 1 saturated heterocycles. The molecule has 2 aromatic carbocycles. The number of para-hydroxylation sites is 1. The molecule has 1 aromatic heterocycles. The zero-order chi connectivity index (χ0) is 24.0. The van der Waals surface area contributed by atoms with Gasteiger partial charge in [0.25, 0.3) is 5.91 Å². The molecule has 1 amide bonds. The predicted octanol–water partition coefficient (Wildman–Crippen LogP) is 6.17. The normalized spacial score (nSPS) is 17.5. The van der Waals surface area contributed by atoms with Crippen LogP contribution in [0.5, 0.6) is 5.75 Å². The molecule has 35 heavy (non-hydrogen) atoms. The summed E-state index contributed by atoms with van der Waals surface area (Å²) in [5, 5.41) is 5.72. The Morgan fingerprint density at radius 2 is 1.74 bits per heavy atom. The van der Waals surface area contributed by atoms with Gasteiger partial charge in [0.1, 0.15) is 5.75 Å². The molecule has 0 spiro atoms. The number of amides is 1. The maximum atomic E-state index is 12.8. The van der Waals surface area contributed by atoms with Crippen molar-refractivity contribution in [3.05, 3.63) is 71.3 Å². The number of nitrogens with zero attached hydrogens (tertiary/aromatic N) is 4. The summed E-state index contributed by atoms with van der Waals surface area (Å²) >= 11 is 1.48. The highest BCUT2D eigenvalue weighted by Gasteiger charge is 2.27. The van der Waals surface area contributed by atoms with E-state index in [1.165, 1.54) is 24.6 Å². The van der Waals surface area contributed by atoms with Crippen molar-refractivity contribution < 1.29 is 9.53 Å². The minimum Gasteiger partial charge on any atom is -0.494 e. The summed E-state index contributed by atoms with van der Waals surface area (Å²) < 4.78 is 7.61. The summed E-state index contributed by atoms with van der Waals surface area (Å²) in [6, 6.07) is 18.0. The van der Waals surface area contributed by atoms with Gasteiger partial charge in [0.15, 0.2) is 5.17 Å². The first-order chi connectivity index (χ1) is 17.2. The van der Waals surface area contributed by atoms with Crippen LogP contribution in [0, 0.1) is 0 Å². The molecular formula is C28H30N4O2S. The summed E-state index contributed by atoms with van der Waals surface area (Å²) in [5.74, 6) is 0.672. The number of rotatable bonds is 6. The lowest BCUT2D eigenvalue weighted by Crippen LogP contribution is -2.28. The van der Waals surface area contributed by atoms with E-state index in [2.05, 4.69) is 16.8 Å². The number of hydrogen-bond donors (Lipinski definition) is 0. The molecule has 0 bridgehead atoms. The fourth-order valence-electron chi connectivity index (χ4n) is 4.30. The number of aliphatic imine (C=N–C) groups is 1. The molecule has 7 heteroatoms. The second-order valence-electron chi connectivity index (χ2n) is 8.80. The second kappa shape index (κ2) is 11.0. The standard InChI is InChI=1S/C28H30N4O2S/c1-2-18-34-24-14-12-21(13-15-24)26-22(20-32(30-26)23-10-6-5-7-11-23)19-25-27(33)29-28(35-25)31-16-8-3-4-9-17-31/h5-7,10-15,19-20H,2-4,8-9,16-18H2,1H3/b25-19-. The van der Waals surface area contributed by atoms with Crippen molar-refractivity contribution in [3.8, 4) is 22.7 Å². The topological polar surface area (TPSA) is 59.7 Å². The fourth-order valence-corrected chi connectivity index (χ4v) is 5.25. The van der Waals surface area contributed by atoms with Crippen molar-refractivity contribution in [1.82, 2.24) is 14.7 Å². The smallest absolute Gasteiger partial charge is 0.286 e. The number of ether oxygens (including phenoxy) is 1. The zero-order valence-electron chi connectivity index (χ0n) is 20.0. The Balaban J connectivity index is 1.46. The van der Waals surface area contributed by atoms with Gasteiger partial charge in [0.05, 0.1) is 22.9 Å². The number of amidine groups is 1. The molecule has 3 heterocycles. The van der Waals surface area contributed by atoms with Gasteiger partial charge >= 0.3 is 0 Å². The Bertz CT molecular complexity index is 1220. The summed E-state index contributed by atoms with van der Waals surface area (Å²) in [6.07, 6.45) is 9.68. The van der Waals surface area contributed by atoms with Crippen LogP contribution in [0.15, 0.2) is 70.7 Å². The van der Waals surface area contributed by atoms with Gasteiger partial charge in [0.2, 0.25) is 0 Å². The van der Waals surface area contributed by atoms with Crippen molar-refractivity contribution in [2.24, 2.45) is 4.99 Å². The molecule has 0 aliphatic carbocycles. The Morgan fingerprint density at radius 1 is 1.00 bits per heavy atom. The largest absolute Gasteiger partial charge is 0.494 e. The minimum absolute atomic E-state index is 0.170. The van der Waals surface area contributed by atoms with Crippen molar-refractivity contribution in [3.63, 3.8) is 0 Å². The summed E-state index contributed by atoms with van der Waals surface area (Å²) in [5.41, 5.74) is 3.65. The van der Waals surface area contributed by atoms with Gasteiger partial charge in [0, 0.05) is 30.4 Å². The summed E-state index contributed by atoms with van der Waals surface area (Å²) in [6.45, 7) is 4.72.